The number of carbonyl (C=O) groups is 1. The van der Waals surface area contributed by atoms with E-state index in [1.54, 1.807) is 0 Å². The Bertz CT molecular complexity index is 836. The van der Waals surface area contributed by atoms with Gasteiger partial charge in [-0.2, -0.15) is 0 Å². The van der Waals surface area contributed by atoms with E-state index in [0.29, 0.717) is 12.3 Å². The maximum absolute atomic E-state index is 12.6. The summed E-state index contributed by atoms with van der Waals surface area (Å²) in [5, 5.41) is 2.03. The van der Waals surface area contributed by atoms with Gasteiger partial charge in [-0.1, -0.05) is 145 Å². The molecule has 1 atom stereocenters. The molecule has 2 aromatic rings. The Labute approximate surface area is 228 Å². The van der Waals surface area contributed by atoms with Gasteiger partial charge in [0.25, 0.3) is 8.32 Å². The molecule has 2 rings (SSSR count). The summed E-state index contributed by atoms with van der Waals surface area (Å²) in [5.41, 5.74) is 0. The third-order valence-corrected chi connectivity index (χ3v) is 12.5. The number of hydrogen-bond acceptors (Lipinski definition) is 2. The van der Waals surface area contributed by atoms with Gasteiger partial charge in [0, 0.05) is 6.42 Å². The van der Waals surface area contributed by atoms with Gasteiger partial charge in [0.1, 0.15) is 6.29 Å². The van der Waals surface area contributed by atoms with Crippen LogP contribution in [0, 0.1) is 5.92 Å². The van der Waals surface area contributed by atoms with Crippen molar-refractivity contribution in [3.63, 3.8) is 0 Å². The third-order valence-electron chi connectivity index (χ3n) is 7.96. The monoisotopic (exact) mass is 520 g/mol. The van der Waals surface area contributed by atoms with Crippen LogP contribution in [0.4, 0.5) is 0 Å². The van der Waals surface area contributed by atoms with Gasteiger partial charge in [-0.15, -0.1) is 0 Å². The molecule has 0 aromatic heterocycles. The van der Waals surface area contributed by atoms with Crippen LogP contribution in [0.25, 0.3) is 0 Å². The summed E-state index contributed by atoms with van der Waals surface area (Å²) in [4.78, 5) is 23.0. The smallest absolute Gasteiger partial charge is 0.258 e. The van der Waals surface area contributed by atoms with Crippen LogP contribution >= 0.6 is 0 Å². The van der Waals surface area contributed by atoms with E-state index in [9.17, 15) is 9.59 Å². The normalized spacial score (nSPS) is 13.2. The number of rotatable bonds is 20. The highest BCUT2D eigenvalue weighted by atomic mass is 28.4. The molecule has 0 bridgehead atoms. The number of allylic oxidation sites excluding steroid dienone is 2. The fourth-order valence-corrected chi connectivity index (χ4v) is 9.60. The van der Waals surface area contributed by atoms with Crippen LogP contribution in [0.5, 0.6) is 0 Å². The Hall–Kier alpha value is -1.97. The number of carbonyl (C=O) groups excluding carboxylic acids is 1. The quantitative estimate of drug-likeness (QED) is 0.0824. The van der Waals surface area contributed by atoms with Crippen molar-refractivity contribution in [2.75, 3.05) is 0 Å². The number of unbranched alkanes of at least 4 members (excludes halogenated alkanes) is 9. The molecule has 2 aromatic carbocycles. The lowest BCUT2D eigenvalue weighted by molar-refractivity contribution is -0.107. The molecule has 0 aliphatic heterocycles. The van der Waals surface area contributed by atoms with E-state index in [4.69, 9.17) is 0 Å². The standard InChI is InChI=1S/C34H52O2Si/c1-4-5-6-16-23-31(24-17-12-10-8-7-9-11-13-22-29-35)30-34(2,3)37(36,32-25-18-14-19-26-32)33-27-20-15-21-28-33/h12,14-15,17-21,25-29,31,36H,4-11,13,16,22-24,30H2,1-3H3/b17-12-/t31-/m1/s1. The molecule has 0 unspecified atom stereocenters. The van der Waals surface area contributed by atoms with Gasteiger partial charge >= 0.3 is 0 Å². The molecule has 0 saturated carbocycles. The zero-order valence-corrected chi connectivity index (χ0v) is 24.8. The minimum Gasteiger partial charge on any atom is -0.424 e. The summed E-state index contributed by atoms with van der Waals surface area (Å²) in [6.07, 6.45) is 22.2. The van der Waals surface area contributed by atoms with Crippen molar-refractivity contribution in [1.82, 2.24) is 0 Å². The van der Waals surface area contributed by atoms with Gasteiger partial charge < -0.3 is 9.59 Å². The Morgan fingerprint density at radius 3 is 1.86 bits per heavy atom. The van der Waals surface area contributed by atoms with Crippen molar-refractivity contribution in [3.8, 4) is 0 Å². The average molecular weight is 521 g/mol. The zero-order chi connectivity index (χ0) is 26.8. The Morgan fingerprint density at radius 2 is 1.30 bits per heavy atom. The van der Waals surface area contributed by atoms with Gasteiger partial charge in [-0.05, 0) is 53.4 Å². The highest BCUT2D eigenvalue weighted by Crippen LogP contribution is 2.43. The largest absolute Gasteiger partial charge is 0.424 e. The van der Waals surface area contributed by atoms with Crippen LogP contribution < -0.4 is 10.4 Å². The average Bonchev–Trinajstić information content (AvgIpc) is 2.92. The maximum Gasteiger partial charge on any atom is 0.258 e. The summed E-state index contributed by atoms with van der Waals surface area (Å²) in [5.74, 6) is 0.581. The molecular weight excluding hydrogens is 468 g/mol. The van der Waals surface area contributed by atoms with Gasteiger partial charge in [-0.3, -0.25) is 0 Å². The summed E-state index contributed by atoms with van der Waals surface area (Å²) in [6, 6.07) is 20.9. The van der Waals surface area contributed by atoms with Crippen molar-refractivity contribution in [2.24, 2.45) is 5.92 Å². The van der Waals surface area contributed by atoms with Crippen LogP contribution in [0.3, 0.4) is 0 Å². The van der Waals surface area contributed by atoms with Crippen molar-refractivity contribution >= 4 is 25.0 Å². The van der Waals surface area contributed by atoms with E-state index < -0.39 is 8.32 Å². The van der Waals surface area contributed by atoms with E-state index in [2.05, 4.69) is 81.5 Å². The topological polar surface area (TPSA) is 37.3 Å². The van der Waals surface area contributed by atoms with Crippen LogP contribution in [-0.4, -0.2) is 19.4 Å². The fraction of sp³-hybridized carbons (Fsp3) is 0.559. The lowest BCUT2D eigenvalue weighted by atomic mass is 9.88. The van der Waals surface area contributed by atoms with Crippen molar-refractivity contribution in [1.29, 1.82) is 0 Å². The first kappa shape index (κ1) is 31.2. The predicted molar refractivity (Wildman–Crippen MR) is 163 cm³/mol. The maximum atomic E-state index is 12.6. The number of benzene rings is 2. The first-order chi connectivity index (χ1) is 18.0. The van der Waals surface area contributed by atoms with Gasteiger partial charge in [-0.25, -0.2) is 0 Å². The molecule has 37 heavy (non-hydrogen) atoms. The van der Waals surface area contributed by atoms with Crippen molar-refractivity contribution in [3.05, 3.63) is 72.8 Å². The van der Waals surface area contributed by atoms with Crippen LogP contribution in [-0.2, 0) is 4.79 Å². The van der Waals surface area contributed by atoms with Crippen LogP contribution in [0.2, 0.25) is 5.04 Å². The van der Waals surface area contributed by atoms with E-state index in [-0.39, 0.29) is 5.04 Å². The van der Waals surface area contributed by atoms with Crippen LogP contribution in [0.15, 0.2) is 72.8 Å². The second-order valence-corrected chi connectivity index (χ2v) is 15.4. The lowest BCUT2D eigenvalue weighted by Crippen LogP contribution is -2.65. The Balaban J connectivity index is 2.08. The molecule has 0 fully saturated rings. The highest BCUT2D eigenvalue weighted by molar-refractivity contribution is 6.98. The van der Waals surface area contributed by atoms with Gasteiger partial charge in [0.05, 0.1) is 0 Å². The first-order valence-electron chi connectivity index (χ1n) is 14.9. The van der Waals surface area contributed by atoms with Gasteiger partial charge in [0.2, 0.25) is 0 Å². The second kappa shape index (κ2) is 17.5. The molecule has 0 radical (unpaired) electrons. The summed E-state index contributed by atoms with van der Waals surface area (Å²) in [7, 11) is -2.97. The molecule has 3 heteroatoms. The van der Waals surface area contributed by atoms with Crippen molar-refractivity contribution < 1.29 is 9.59 Å². The summed E-state index contributed by atoms with van der Waals surface area (Å²) >= 11 is 0. The zero-order valence-electron chi connectivity index (χ0n) is 23.8. The molecule has 0 aliphatic carbocycles. The molecule has 2 nitrogen and oxygen atoms in total. The van der Waals surface area contributed by atoms with E-state index in [1.807, 2.05) is 12.1 Å². The molecule has 0 heterocycles. The fourth-order valence-electron chi connectivity index (χ4n) is 5.77. The van der Waals surface area contributed by atoms with Gasteiger partial charge in [0.15, 0.2) is 0 Å². The van der Waals surface area contributed by atoms with E-state index in [1.165, 1.54) is 57.8 Å². The highest BCUT2D eigenvalue weighted by Gasteiger charge is 2.50. The second-order valence-electron chi connectivity index (χ2n) is 11.5. The SMILES string of the molecule is CCCCCC[C@H](C/C=C\CCCCCCCC=O)CC(C)(C)[Si](O)(c1ccccc1)c1ccccc1. The molecule has 0 amide bonds. The van der Waals surface area contributed by atoms with E-state index in [0.717, 1.165) is 42.3 Å². The van der Waals surface area contributed by atoms with Crippen LogP contribution in [0.1, 0.15) is 111 Å². The molecule has 204 valence electrons. The van der Waals surface area contributed by atoms with Crippen molar-refractivity contribution in [2.45, 2.75) is 116 Å². The lowest BCUT2D eigenvalue weighted by Gasteiger charge is -2.43. The Kier molecular flexibility index (Phi) is 14.8. The number of aldehydes is 1. The first-order valence-corrected chi connectivity index (χ1v) is 16.8. The minimum absolute atomic E-state index is 0.194. The predicted octanol–water partition coefficient (Wildman–Crippen LogP) is 8.37. The van der Waals surface area contributed by atoms with E-state index >= 15 is 0 Å². The molecule has 0 aliphatic rings. The summed E-state index contributed by atoms with van der Waals surface area (Å²) in [6.45, 7) is 6.90. The number of hydrogen-bond donors (Lipinski definition) is 1. The molecule has 0 saturated heterocycles. The molecule has 0 spiro atoms. The summed E-state index contributed by atoms with van der Waals surface area (Å²) < 4.78 is 0. The molecule has 1 N–H and O–H groups in total. The Morgan fingerprint density at radius 1 is 0.757 bits per heavy atom. The minimum atomic E-state index is -2.97. The third kappa shape index (κ3) is 10.4. The molecular formula is C34H52O2Si.